The predicted molar refractivity (Wildman–Crippen MR) is 93.2 cm³/mol. The fourth-order valence-electron chi connectivity index (χ4n) is 3.57. The number of anilines is 1. The standard InChI is InChI=1S/C18H18N4O2/c1-21-15-5-3-2-4-13(15)14-9-12(6-7-16(14)21)22-10-11(8-17(22)23)18(24)20-19/h2-7,9,11H,8,10,19H2,1H3,(H,20,24). The van der Waals surface area contributed by atoms with E-state index in [4.69, 9.17) is 5.84 Å². The van der Waals surface area contributed by atoms with Crippen LogP contribution in [0.3, 0.4) is 0 Å². The van der Waals surface area contributed by atoms with Crippen LogP contribution in [0.15, 0.2) is 42.5 Å². The van der Waals surface area contributed by atoms with Crippen molar-refractivity contribution in [3.05, 3.63) is 42.5 Å². The minimum atomic E-state index is -0.397. The van der Waals surface area contributed by atoms with E-state index < -0.39 is 5.92 Å². The molecule has 2 aromatic carbocycles. The molecule has 1 saturated heterocycles. The maximum Gasteiger partial charge on any atom is 0.239 e. The highest BCUT2D eigenvalue weighted by Crippen LogP contribution is 2.33. The van der Waals surface area contributed by atoms with Crippen LogP contribution in [0, 0.1) is 5.92 Å². The maximum atomic E-state index is 12.3. The maximum absolute atomic E-state index is 12.3. The number of nitrogens with one attached hydrogen (secondary N) is 1. The third-order valence-electron chi connectivity index (χ3n) is 4.85. The number of rotatable bonds is 2. The van der Waals surface area contributed by atoms with E-state index in [0.29, 0.717) is 6.54 Å². The Morgan fingerprint density at radius 3 is 2.71 bits per heavy atom. The highest BCUT2D eigenvalue weighted by atomic mass is 16.2. The summed E-state index contributed by atoms with van der Waals surface area (Å²) in [6.07, 6.45) is 0.191. The first-order chi connectivity index (χ1) is 11.6. The van der Waals surface area contributed by atoms with E-state index in [1.54, 1.807) is 4.90 Å². The molecule has 122 valence electrons. The van der Waals surface area contributed by atoms with E-state index in [0.717, 1.165) is 27.5 Å². The van der Waals surface area contributed by atoms with Crippen LogP contribution in [0.25, 0.3) is 21.8 Å². The number of aromatic nitrogens is 1. The van der Waals surface area contributed by atoms with E-state index in [1.165, 1.54) is 0 Å². The molecule has 1 aliphatic heterocycles. The zero-order chi connectivity index (χ0) is 16.8. The normalized spacial score (nSPS) is 17.8. The topological polar surface area (TPSA) is 80.4 Å². The molecule has 0 radical (unpaired) electrons. The van der Waals surface area contributed by atoms with E-state index in [2.05, 4.69) is 22.1 Å². The summed E-state index contributed by atoms with van der Waals surface area (Å²) in [7, 11) is 2.03. The summed E-state index contributed by atoms with van der Waals surface area (Å²) in [6.45, 7) is 0.359. The average Bonchev–Trinajstić information content (AvgIpc) is 3.13. The molecule has 3 N–H and O–H groups in total. The van der Waals surface area contributed by atoms with Gasteiger partial charge in [0, 0.05) is 47.5 Å². The van der Waals surface area contributed by atoms with E-state index in [9.17, 15) is 9.59 Å². The number of amides is 2. The number of nitrogens with two attached hydrogens (primary N) is 1. The minimum absolute atomic E-state index is 0.0526. The molecule has 6 nitrogen and oxygen atoms in total. The molecule has 24 heavy (non-hydrogen) atoms. The van der Waals surface area contributed by atoms with Gasteiger partial charge in [0.2, 0.25) is 11.8 Å². The Morgan fingerprint density at radius 2 is 1.92 bits per heavy atom. The Hall–Kier alpha value is -2.86. The van der Waals surface area contributed by atoms with Gasteiger partial charge in [-0.2, -0.15) is 0 Å². The molecule has 4 rings (SSSR count). The van der Waals surface area contributed by atoms with Crippen LogP contribution in [-0.2, 0) is 16.6 Å². The number of benzene rings is 2. The highest BCUT2D eigenvalue weighted by Gasteiger charge is 2.35. The zero-order valence-corrected chi connectivity index (χ0v) is 13.3. The molecule has 6 heteroatoms. The molecule has 0 aliphatic carbocycles. The molecule has 1 aromatic heterocycles. The Bertz CT molecular complexity index is 976. The van der Waals surface area contributed by atoms with Crippen molar-refractivity contribution in [3.8, 4) is 0 Å². The van der Waals surface area contributed by atoms with Crippen LogP contribution >= 0.6 is 0 Å². The first-order valence-corrected chi connectivity index (χ1v) is 7.88. The molecule has 1 fully saturated rings. The van der Waals surface area contributed by atoms with Crippen LogP contribution in [0.1, 0.15) is 6.42 Å². The zero-order valence-electron chi connectivity index (χ0n) is 13.3. The van der Waals surface area contributed by atoms with Gasteiger partial charge in [-0.1, -0.05) is 18.2 Å². The predicted octanol–water partition coefficient (Wildman–Crippen LogP) is 1.67. The third-order valence-corrected chi connectivity index (χ3v) is 4.85. The van der Waals surface area contributed by atoms with Gasteiger partial charge in [0.15, 0.2) is 0 Å². The number of hydrazine groups is 1. The smallest absolute Gasteiger partial charge is 0.239 e. The van der Waals surface area contributed by atoms with Crippen molar-refractivity contribution in [1.29, 1.82) is 0 Å². The van der Waals surface area contributed by atoms with Crippen LogP contribution < -0.4 is 16.2 Å². The third kappa shape index (κ3) is 2.07. The number of aryl methyl sites for hydroxylation is 1. The lowest BCUT2D eigenvalue weighted by Gasteiger charge is -2.16. The largest absolute Gasteiger partial charge is 0.344 e. The van der Waals surface area contributed by atoms with Crippen molar-refractivity contribution < 1.29 is 9.59 Å². The van der Waals surface area contributed by atoms with Crippen LogP contribution in [0.2, 0.25) is 0 Å². The van der Waals surface area contributed by atoms with Crippen LogP contribution in [0.5, 0.6) is 0 Å². The van der Waals surface area contributed by atoms with Gasteiger partial charge in [-0.25, -0.2) is 5.84 Å². The molecule has 2 heterocycles. The Morgan fingerprint density at radius 1 is 1.17 bits per heavy atom. The van der Waals surface area contributed by atoms with Gasteiger partial charge in [0.25, 0.3) is 0 Å². The second kappa shape index (κ2) is 5.35. The molecule has 1 atom stereocenters. The molecular formula is C18H18N4O2. The second-order valence-electron chi connectivity index (χ2n) is 6.19. The summed E-state index contributed by atoms with van der Waals surface area (Å²) >= 11 is 0. The molecule has 3 aromatic rings. The molecule has 2 amide bonds. The van der Waals surface area contributed by atoms with Gasteiger partial charge in [-0.3, -0.25) is 15.0 Å². The van der Waals surface area contributed by atoms with E-state index in [1.807, 2.05) is 37.4 Å². The SMILES string of the molecule is Cn1c2ccccc2c2cc(N3CC(C(=O)NN)CC3=O)ccc21. The lowest BCUT2D eigenvalue weighted by molar-refractivity contribution is -0.126. The minimum Gasteiger partial charge on any atom is -0.344 e. The van der Waals surface area contributed by atoms with Crippen molar-refractivity contribution in [2.75, 3.05) is 11.4 Å². The number of para-hydroxylation sites is 1. The summed E-state index contributed by atoms with van der Waals surface area (Å²) in [5.41, 5.74) is 5.22. The Balaban J connectivity index is 1.80. The van der Waals surface area contributed by atoms with Gasteiger partial charge in [0.05, 0.1) is 5.92 Å². The molecule has 1 aliphatic rings. The highest BCUT2D eigenvalue weighted by molar-refractivity contribution is 6.10. The monoisotopic (exact) mass is 322 g/mol. The number of nitrogens with zero attached hydrogens (tertiary/aromatic N) is 2. The van der Waals surface area contributed by atoms with Crippen molar-refractivity contribution in [3.63, 3.8) is 0 Å². The van der Waals surface area contributed by atoms with Crippen molar-refractivity contribution in [2.24, 2.45) is 18.8 Å². The van der Waals surface area contributed by atoms with Crippen LogP contribution in [0.4, 0.5) is 5.69 Å². The van der Waals surface area contributed by atoms with Crippen molar-refractivity contribution in [1.82, 2.24) is 9.99 Å². The molecule has 0 spiro atoms. The van der Waals surface area contributed by atoms with E-state index >= 15 is 0 Å². The Kier molecular flexibility index (Phi) is 3.28. The molecule has 1 unspecified atom stereocenters. The number of fused-ring (bicyclic) bond motifs is 3. The fourth-order valence-corrected chi connectivity index (χ4v) is 3.57. The quantitative estimate of drug-likeness (QED) is 0.428. The summed E-state index contributed by atoms with van der Waals surface area (Å²) in [6, 6.07) is 14.2. The number of hydrogen-bond donors (Lipinski definition) is 2. The number of carbonyl (C=O) groups excluding carboxylic acids is 2. The van der Waals surface area contributed by atoms with Gasteiger partial charge in [-0.05, 0) is 24.3 Å². The van der Waals surface area contributed by atoms with Crippen LogP contribution in [-0.4, -0.2) is 22.9 Å². The summed E-state index contributed by atoms with van der Waals surface area (Å²) in [4.78, 5) is 25.7. The van der Waals surface area contributed by atoms with Gasteiger partial charge in [-0.15, -0.1) is 0 Å². The van der Waals surface area contributed by atoms with Gasteiger partial charge >= 0.3 is 0 Å². The summed E-state index contributed by atoms with van der Waals surface area (Å²) < 4.78 is 2.14. The van der Waals surface area contributed by atoms with Gasteiger partial charge in [0.1, 0.15) is 0 Å². The molecule has 0 saturated carbocycles. The summed E-state index contributed by atoms with van der Waals surface area (Å²) in [5.74, 6) is 4.44. The second-order valence-corrected chi connectivity index (χ2v) is 6.19. The van der Waals surface area contributed by atoms with E-state index in [-0.39, 0.29) is 18.2 Å². The first kappa shape index (κ1) is 14.7. The first-order valence-electron chi connectivity index (χ1n) is 7.88. The Labute approximate surface area is 138 Å². The molecule has 0 bridgehead atoms. The lowest BCUT2D eigenvalue weighted by atomic mass is 10.1. The lowest BCUT2D eigenvalue weighted by Crippen LogP contribution is -2.37. The summed E-state index contributed by atoms with van der Waals surface area (Å²) in [5, 5.41) is 2.25. The van der Waals surface area contributed by atoms with Crippen molar-refractivity contribution in [2.45, 2.75) is 6.42 Å². The van der Waals surface area contributed by atoms with Crippen molar-refractivity contribution >= 4 is 39.3 Å². The number of hydrogen-bond acceptors (Lipinski definition) is 3. The number of carbonyl (C=O) groups is 2. The van der Waals surface area contributed by atoms with Gasteiger partial charge < -0.3 is 9.47 Å². The fraction of sp³-hybridized carbons (Fsp3) is 0.222. The molecular weight excluding hydrogens is 304 g/mol. The average molecular weight is 322 g/mol.